The van der Waals surface area contributed by atoms with E-state index in [2.05, 4.69) is 34.5 Å². The van der Waals surface area contributed by atoms with Gasteiger partial charge in [0.2, 0.25) is 5.65 Å². The van der Waals surface area contributed by atoms with Crippen LogP contribution in [0.4, 0.5) is 11.6 Å². The molecule has 0 aliphatic rings. The Labute approximate surface area is 117 Å². The number of benzene rings is 1. The molecule has 5 heteroatoms. The Balaban J connectivity index is 2.10. The third-order valence-electron chi connectivity index (χ3n) is 3.32. The number of rotatable bonds is 2. The highest BCUT2D eigenvalue weighted by Gasteiger charge is 2.18. The average molecular weight is 268 g/mol. The van der Waals surface area contributed by atoms with Gasteiger partial charge in [-0.2, -0.15) is 14.1 Å². The van der Waals surface area contributed by atoms with E-state index in [1.54, 1.807) is 0 Å². The summed E-state index contributed by atoms with van der Waals surface area (Å²) in [4.78, 5) is 4.50. The van der Waals surface area contributed by atoms with Crippen molar-refractivity contribution in [2.75, 3.05) is 5.32 Å². The third-order valence-corrected chi connectivity index (χ3v) is 3.32. The highest BCUT2D eigenvalue weighted by Crippen LogP contribution is 2.14. The lowest BCUT2D eigenvalue weighted by atomic mass is 10.2. The summed E-state index contributed by atoms with van der Waals surface area (Å²) >= 11 is 0. The summed E-state index contributed by atoms with van der Waals surface area (Å²) in [6.07, 6.45) is 0. The van der Waals surface area contributed by atoms with E-state index < -0.39 is 0 Å². The molecule has 0 amide bonds. The first-order valence-corrected chi connectivity index (χ1v) is 6.61. The molecule has 0 bridgehead atoms. The standard InChI is InChI=1S/C15H18N5/c1-10-5-7-13(8-6-10)17-15-18-19(4)14-9-11(2)16-12(3)20(14)15/h5-9H,1-4H3,(H,17,18)/q+1. The number of anilines is 2. The van der Waals surface area contributed by atoms with Crippen molar-refractivity contribution in [3.05, 3.63) is 47.4 Å². The maximum Gasteiger partial charge on any atom is 0.358 e. The molecule has 20 heavy (non-hydrogen) atoms. The Morgan fingerprint density at radius 1 is 1.10 bits per heavy atom. The third kappa shape index (κ3) is 2.11. The van der Waals surface area contributed by atoms with Crippen LogP contribution in [0.25, 0.3) is 5.65 Å². The molecule has 2 aromatic heterocycles. The van der Waals surface area contributed by atoms with Crippen LogP contribution in [0, 0.1) is 20.8 Å². The van der Waals surface area contributed by atoms with Crippen LogP contribution < -0.4 is 9.72 Å². The fraction of sp³-hybridized carbons (Fsp3) is 0.267. The van der Waals surface area contributed by atoms with Gasteiger partial charge in [-0.25, -0.2) is 0 Å². The minimum absolute atomic E-state index is 0.774. The van der Waals surface area contributed by atoms with E-state index in [-0.39, 0.29) is 0 Å². The van der Waals surface area contributed by atoms with Gasteiger partial charge in [0.1, 0.15) is 0 Å². The van der Waals surface area contributed by atoms with Gasteiger partial charge in [-0.15, -0.1) is 0 Å². The Morgan fingerprint density at radius 3 is 2.50 bits per heavy atom. The van der Waals surface area contributed by atoms with Crippen LogP contribution in [0.5, 0.6) is 0 Å². The lowest BCUT2D eigenvalue weighted by molar-refractivity contribution is -0.508. The first-order valence-electron chi connectivity index (χ1n) is 6.61. The SMILES string of the molecule is Cc1ccc(Nc2nn(C)c3cc(C)nc(C)[n+]23)cc1. The highest BCUT2D eigenvalue weighted by atomic mass is 15.4. The quantitative estimate of drug-likeness (QED) is 0.725. The first kappa shape index (κ1) is 12.6. The van der Waals surface area contributed by atoms with Crippen LogP contribution in [0.1, 0.15) is 17.1 Å². The molecular weight excluding hydrogens is 250 g/mol. The second kappa shape index (κ2) is 4.59. The van der Waals surface area contributed by atoms with Crippen molar-refractivity contribution in [2.45, 2.75) is 20.8 Å². The number of nitrogens with zero attached hydrogens (tertiary/aromatic N) is 4. The van der Waals surface area contributed by atoms with Crippen LogP contribution in [0.3, 0.4) is 0 Å². The number of aromatic nitrogens is 4. The summed E-state index contributed by atoms with van der Waals surface area (Å²) in [6.45, 7) is 6.06. The molecule has 0 aliphatic carbocycles. The van der Waals surface area contributed by atoms with Gasteiger partial charge in [-0.05, 0) is 31.1 Å². The molecule has 0 spiro atoms. The van der Waals surface area contributed by atoms with E-state index >= 15 is 0 Å². The van der Waals surface area contributed by atoms with Crippen LogP contribution in [0.2, 0.25) is 0 Å². The molecule has 0 unspecified atom stereocenters. The predicted molar refractivity (Wildman–Crippen MR) is 78.1 cm³/mol. The first-order chi connectivity index (χ1) is 9.54. The van der Waals surface area contributed by atoms with Crippen LogP contribution in [0.15, 0.2) is 30.3 Å². The largest absolute Gasteiger partial charge is 0.358 e. The van der Waals surface area contributed by atoms with Crippen molar-refractivity contribution < 1.29 is 4.40 Å². The topological polar surface area (TPSA) is 46.8 Å². The summed E-state index contributed by atoms with van der Waals surface area (Å²) < 4.78 is 3.88. The van der Waals surface area contributed by atoms with E-state index in [0.29, 0.717) is 0 Å². The molecule has 2 heterocycles. The summed E-state index contributed by atoms with van der Waals surface area (Å²) in [5, 5.41) is 7.88. The molecule has 0 saturated carbocycles. The van der Waals surface area contributed by atoms with Gasteiger partial charge in [0, 0.05) is 13.0 Å². The zero-order valence-electron chi connectivity index (χ0n) is 12.2. The number of fused-ring (bicyclic) bond motifs is 1. The fourth-order valence-corrected chi connectivity index (χ4v) is 2.34. The van der Waals surface area contributed by atoms with Crippen molar-refractivity contribution in [1.29, 1.82) is 0 Å². The van der Waals surface area contributed by atoms with Crippen molar-refractivity contribution in [1.82, 2.24) is 14.8 Å². The Kier molecular flexibility index (Phi) is 2.89. The van der Waals surface area contributed by atoms with Crippen LogP contribution in [-0.4, -0.2) is 14.8 Å². The zero-order valence-corrected chi connectivity index (χ0v) is 12.2. The normalized spacial score (nSPS) is 11.0. The van der Waals surface area contributed by atoms with E-state index in [4.69, 9.17) is 0 Å². The monoisotopic (exact) mass is 268 g/mol. The van der Waals surface area contributed by atoms with Crippen molar-refractivity contribution >= 4 is 17.3 Å². The van der Waals surface area contributed by atoms with E-state index in [1.807, 2.05) is 48.2 Å². The van der Waals surface area contributed by atoms with Crippen LogP contribution >= 0.6 is 0 Å². The Bertz CT molecular complexity index is 771. The zero-order chi connectivity index (χ0) is 14.3. The van der Waals surface area contributed by atoms with E-state index in [1.165, 1.54) is 5.56 Å². The molecular formula is C15H18N5+. The second-order valence-corrected chi connectivity index (χ2v) is 5.08. The molecule has 0 aliphatic heterocycles. The number of nitrogens with one attached hydrogen (secondary N) is 1. The minimum atomic E-state index is 0.774. The van der Waals surface area contributed by atoms with Gasteiger partial charge in [-0.3, -0.25) is 5.32 Å². The van der Waals surface area contributed by atoms with Gasteiger partial charge in [-0.1, -0.05) is 17.7 Å². The Hall–Kier alpha value is -2.43. The summed E-state index contributed by atoms with van der Waals surface area (Å²) in [6, 6.07) is 10.3. The van der Waals surface area contributed by atoms with Gasteiger partial charge >= 0.3 is 5.95 Å². The molecule has 3 aromatic rings. The maximum absolute atomic E-state index is 4.54. The number of aryl methyl sites for hydroxylation is 4. The summed E-state index contributed by atoms with van der Waals surface area (Å²) in [5.74, 6) is 1.69. The molecule has 0 atom stereocenters. The predicted octanol–water partition coefficient (Wildman–Crippen LogP) is 2.22. The molecule has 0 radical (unpaired) electrons. The Morgan fingerprint density at radius 2 is 1.80 bits per heavy atom. The van der Waals surface area contributed by atoms with Gasteiger partial charge in [0.05, 0.1) is 18.4 Å². The van der Waals surface area contributed by atoms with Gasteiger partial charge in [0.25, 0.3) is 0 Å². The van der Waals surface area contributed by atoms with Gasteiger partial charge in [0.15, 0.2) is 5.82 Å². The number of hydrogen-bond donors (Lipinski definition) is 1. The summed E-state index contributed by atoms with van der Waals surface area (Å²) in [7, 11) is 1.94. The van der Waals surface area contributed by atoms with Crippen molar-refractivity contribution in [3.8, 4) is 0 Å². The lowest BCUT2D eigenvalue weighted by Gasteiger charge is -2.01. The lowest BCUT2D eigenvalue weighted by Crippen LogP contribution is -2.29. The van der Waals surface area contributed by atoms with Crippen molar-refractivity contribution in [3.63, 3.8) is 0 Å². The van der Waals surface area contributed by atoms with Crippen molar-refractivity contribution in [2.24, 2.45) is 7.05 Å². The highest BCUT2D eigenvalue weighted by molar-refractivity contribution is 5.52. The minimum Gasteiger partial charge on any atom is -0.273 e. The van der Waals surface area contributed by atoms with E-state index in [0.717, 1.165) is 28.8 Å². The van der Waals surface area contributed by atoms with E-state index in [9.17, 15) is 0 Å². The second-order valence-electron chi connectivity index (χ2n) is 5.08. The molecule has 0 saturated heterocycles. The molecule has 1 N–H and O–H groups in total. The molecule has 5 nitrogen and oxygen atoms in total. The maximum atomic E-state index is 4.54. The smallest absolute Gasteiger partial charge is 0.273 e. The average Bonchev–Trinajstić information content (AvgIpc) is 2.69. The molecule has 102 valence electrons. The summed E-state index contributed by atoms with van der Waals surface area (Å²) in [5.41, 5.74) is 4.27. The molecule has 1 aromatic carbocycles. The van der Waals surface area contributed by atoms with Gasteiger partial charge < -0.3 is 0 Å². The van der Waals surface area contributed by atoms with Crippen LogP contribution in [-0.2, 0) is 7.05 Å². The fourth-order valence-electron chi connectivity index (χ4n) is 2.34. The number of hydrogen-bond acceptors (Lipinski definition) is 3. The molecule has 3 rings (SSSR count). The molecule has 0 fully saturated rings.